The zero-order chi connectivity index (χ0) is 21.6. The van der Waals surface area contributed by atoms with E-state index in [-0.39, 0.29) is 0 Å². The average molecular weight is 407 g/mol. The number of anilines is 1. The molecule has 1 saturated heterocycles. The summed E-state index contributed by atoms with van der Waals surface area (Å²) in [6, 6.07) is 4.47. The average Bonchev–Trinajstić information content (AvgIpc) is 2.88. The van der Waals surface area contributed by atoms with Gasteiger partial charge >= 0.3 is 12.0 Å². The van der Waals surface area contributed by atoms with E-state index in [1.54, 1.807) is 0 Å². The Labute approximate surface area is 168 Å². The van der Waals surface area contributed by atoms with Crippen LogP contribution in [0.25, 0.3) is 0 Å². The second-order valence-corrected chi connectivity index (χ2v) is 7.03. The van der Waals surface area contributed by atoms with E-state index in [4.69, 9.17) is 4.74 Å². The molecule has 1 aliphatic heterocycles. The molecule has 0 saturated carbocycles. The molecule has 0 radical (unpaired) electrons. The van der Waals surface area contributed by atoms with Crippen molar-refractivity contribution in [3.05, 3.63) is 30.1 Å². The van der Waals surface area contributed by atoms with Crippen LogP contribution in [0.3, 0.4) is 0 Å². The predicted molar refractivity (Wildman–Crippen MR) is 103 cm³/mol. The van der Waals surface area contributed by atoms with Gasteiger partial charge in [0.1, 0.15) is 17.9 Å². The van der Waals surface area contributed by atoms with Crippen LogP contribution in [0, 0.1) is 5.82 Å². The Morgan fingerprint density at radius 2 is 1.76 bits per heavy atom. The summed E-state index contributed by atoms with van der Waals surface area (Å²) in [5, 5.41) is 5.20. The number of amides is 4. The van der Waals surface area contributed by atoms with Gasteiger partial charge in [-0.3, -0.25) is 19.3 Å². The van der Waals surface area contributed by atoms with Crippen molar-refractivity contribution in [2.75, 3.05) is 11.9 Å². The van der Waals surface area contributed by atoms with Gasteiger partial charge in [0.05, 0.1) is 0 Å². The lowest BCUT2D eigenvalue weighted by Gasteiger charge is -2.25. The fraction of sp³-hybridized carbons (Fsp3) is 0.500. The maximum atomic E-state index is 12.9. The minimum atomic E-state index is -1.16. The molecule has 1 heterocycles. The number of nitrogens with one attached hydrogen (secondary N) is 2. The Morgan fingerprint density at radius 1 is 1.17 bits per heavy atom. The van der Waals surface area contributed by atoms with E-state index >= 15 is 0 Å². The van der Waals surface area contributed by atoms with Crippen LogP contribution < -0.4 is 10.6 Å². The number of carbonyl (C=O) groups is 4. The first-order valence-corrected chi connectivity index (χ1v) is 9.62. The molecule has 158 valence electrons. The van der Waals surface area contributed by atoms with E-state index in [0.717, 1.165) is 4.90 Å². The highest BCUT2D eigenvalue weighted by Crippen LogP contribution is 2.28. The molecule has 0 aromatic heterocycles. The van der Waals surface area contributed by atoms with Gasteiger partial charge in [-0.25, -0.2) is 9.18 Å². The number of hydrogen-bond donors (Lipinski definition) is 2. The van der Waals surface area contributed by atoms with Gasteiger partial charge in [-0.1, -0.05) is 26.7 Å². The Hall–Kier alpha value is -2.97. The number of urea groups is 1. The van der Waals surface area contributed by atoms with E-state index in [9.17, 15) is 23.6 Å². The number of benzene rings is 1. The summed E-state index contributed by atoms with van der Waals surface area (Å²) >= 11 is 0. The Bertz CT molecular complexity index is 775. The largest absolute Gasteiger partial charge is 0.451 e. The first-order valence-electron chi connectivity index (χ1n) is 9.62. The van der Waals surface area contributed by atoms with Crippen molar-refractivity contribution in [2.45, 2.75) is 58.1 Å². The van der Waals surface area contributed by atoms with Crippen LogP contribution in [-0.2, 0) is 19.1 Å². The summed E-state index contributed by atoms with van der Waals surface area (Å²) in [5.41, 5.74) is -0.649. The van der Waals surface area contributed by atoms with E-state index in [1.165, 1.54) is 31.2 Å². The Balaban J connectivity index is 1.95. The zero-order valence-corrected chi connectivity index (χ0v) is 16.8. The molecule has 4 amide bonds. The van der Waals surface area contributed by atoms with Gasteiger partial charge in [-0.15, -0.1) is 0 Å². The van der Waals surface area contributed by atoms with Crippen LogP contribution in [0.15, 0.2) is 24.3 Å². The van der Waals surface area contributed by atoms with Crippen molar-refractivity contribution < 1.29 is 28.3 Å². The highest BCUT2D eigenvalue weighted by molar-refractivity contribution is 6.08. The number of carbonyl (C=O) groups excluding carboxylic acids is 4. The third-order valence-electron chi connectivity index (χ3n) is 4.68. The minimum absolute atomic E-state index is 0.345. The van der Waals surface area contributed by atoms with Crippen molar-refractivity contribution in [3.63, 3.8) is 0 Å². The van der Waals surface area contributed by atoms with E-state index in [2.05, 4.69) is 10.6 Å². The summed E-state index contributed by atoms with van der Waals surface area (Å²) < 4.78 is 18.0. The lowest BCUT2D eigenvalue weighted by atomic mass is 9.88. The fourth-order valence-electron chi connectivity index (χ4n) is 3.33. The third kappa shape index (κ3) is 5.30. The fourth-order valence-corrected chi connectivity index (χ4v) is 3.33. The Kier molecular flexibility index (Phi) is 7.30. The molecule has 1 atom stereocenters. The standard InChI is InChI=1S/C20H26FN3O5/c1-4-10-20(11-5-2)18(27)24(19(28)23-20)12-16(25)29-13(3)17(26)22-15-8-6-14(21)7-9-15/h6-9,13H,4-5,10-12H2,1-3H3,(H,22,26)(H,23,28)/t13-/m1/s1. The van der Waals surface area contributed by atoms with Crippen LogP contribution in [0.2, 0.25) is 0 Å². The molecule has 1 aliphatic rings. The molecule has 2 N–H and O–H groups in total. The molecular weight excluding hydrogens is 381 g/mol. The molecule has 1 aromatic carbocycles. The van der Waals surface area contributed by atoms with Crippen molar-refractivity contribution >= 4 is 29.5 Å². The number of ether oxygens (including phenoxy) is 1. The van der Waals surface area contributed by atoms with Crippen LogP contribution in [0.4, 0.5) is 14.9 Å². The smallest absolute Gasteiger partial charge is 0.327 e. The van der Waals surface area contributed by atoms with Gasteiger partial charge in [0.15, 0.2) is 6.10 Å². The summed E-state index contributed by atoms with van der Waals surface area (Å²) in [6.07, 6.45) is 1.20. The second-order valence-electron chi connectivity index (χ2n) is 7.03. The first-order chi connectivity index (χ1) is 13.7. The van der Waals surface area contributed by atoms with Crippen LogP contribution in [0.1, 0.15) is 46.5 Å². The highest BCUT2D eigenvalue weighted by Gasteiger charge is 2.50. The second kappa shape index (κ2) is 9.49. The molecule has 1 fully saturated rings. The molecule has 2 rings (SSSR count). The normalized spacial score (nSPS) is 16.3. The SMILES string of the molecule is CCCC1(CCC)NC(=O)N(CC(=O)O[C@H](C)C(=O)Nc2ccc(F)cc2)C1=O. The molecule has 1 aromatic rings. The maximum absolute atomic E-state index is 12.9. The van der Waals surface area contributed by atoms with E-state index in [1.807, 2.05) is 13.8 Å². The molecule has 9 heteroatoms. The quantitative estimate of drug-likeness (QED) is 0.484. The van der Waals surface area contributed by atoms with Crippen LogP contribution >= 0.6 is 0 Å². The number of imide groups is 1. The number of hydrogen-bond acceptors (Lipinski definition) is 5. The summed E-state index contributed by atoms with van der Waals surface area (Å²) in [5.74, 6) is -2.39. The number of esters is 1. The summed E-state index contributed by atoms with van der Waals surface area (Å²) in [4.78, 5) is 50.2. The van der Waals surface area contributed by atoms with Crippen LogP contribution in [0.5, 0.6) is 0 Å². The highest BCUT2D eigenvalue weighted by atomic mass is 19.1. The maximum Gasteiger partial charge on any atom is 0.327 e. The van der Waals surface area contributed by atoms with Crippen molar-refractivity contribution in [3.8, 4) is 0 Å². The Morgan fingerprint density at radius 3 is 2.31 bits per heavy atom. The molecule has 0 unspecified atom stereocenters. The third-order valence-corrected chi connectivity index (χ3v) is 4.68. The minimum Gasteiger partial charge on any atom is -0.451 e. The number of nitrogens with zero attached hydrogens (tertiary/aromatic N) is 1. The van der Waals surface area contributed by atoms with Gasteiger partial charge in [-0.2, -0.15) is 0 Å². The van der Waals surface area contributed by atoms with E-state index < -0.39 is 47.8 Å². The van der Waals surface area contributed by atoms with Gasteiger partial charge in [-0.05, 0) is 44.0 Å². The molecular formula is C20H26FN3O5. The van der Waals surface area contributed by atoms with Crippen LogP contribution in [-0.4, -0.2) is 46.9 Å². The predicted octanol–water partition coefficient (Wildman–Crippen LogP) is 2.59. The molecule has 0 bridgehead atoms. The number of rotatable bonds is 9. The van der Waals surface area contributed by atoms with Gasteiger partial charge in [0, 0.05) is 5.69 Å². The monoisotopic (exact) mass is 407 g/mol. The summed E-state index contributed by atoms with van der Waals surface area (Å²) in [7, 11) is 0. The molecule has 0 spiro atoms. The van der Waals surface area contributed by atoms with Crippen molar-refractivity contribution in [1.29, 1.82) is 0 Å². The molecule has 29 heavy (non-hydrogen) atoms. The lowest BCUT2D eigenvalue weighted by Crippen LogP contribution is -2.47. The van der Waals surface area contributed by atoms with Crippen molar-refractivity contribution in [1.82, 2.24) is 10.2 Å². The van der Waals surface area contributed by atoms with Gasteiger partial charge in [0.25, 0.3) is 11.8 Å². The topological polar surface area (TPSA) is 105 Å². The zero-order valence-electron chi connectivity index (χ0n) is 16.8. The molecule has 8 nitrogen and oxygen atoms in total. The van der Waals surface area contributed by atoms with Gasteiger partial charge in [0.2, 0.25) is 0 Å². The number of halogens is 1. The molecule has 0 aliphatic carbocycles. The lowest BCUT2D eigenvalue weighted by molar-refractivity contribution is -0.155. The van der Waals surface area contributed by atoms with Gasteiger partial charge < -0.3 is 15.4 Å². The first kappa shape index (κ1) is 22.3. The van der Waals surface area contributed by atoms with E-state index in [0.29, 0.717) is 31.4 Å². The van der Waals surface area contributed by atoms with Crippen molar-refractivity contribution in [2.24, 2.45) is 0 Å². The summed E-state index contributed by atoms with van der Waals surface area (Å²) in [6.45, 7) is 4.61.